The highest BCUT2D eigenvalue weighted by atomic mass is 79.9. The lowest BCUT2D eigenvalue weighted by molar-refractivity contribution is -0.0663. The van der Waals surface area contributed by atoms with Crippen molar-refractivity contribution in [2.75, 3.05) is 7.11 Å². The maximum atomic E-state index is 12.6. The second-order valence-electron chi connectivity index (χ2n) is 6.87. The molecule has 3 N–H and O–H groups in total. The number of nitrogens with one attached hydrogen (secondary N) is 1. The van der Waals surface area contributed by atoms with Crippen molar-refractivity contribution >= 4 is 21.8 Å². The highest BCUT2D eigenvalue weighted by Crippen LogP contribution is 2.52. The summed E-state index contributed by atoms with van der Waals surface area (Å²) in [6.45, 7) is 8.37. The first-order valence-electron chi connectivity index (χ1n) is 7.02. The molecule has 116 valence electrons. The van der Waals surface area contributed by atoms with E-state index in [1.165, 1.54) is 0 Å². The van der Waals surface area contributed by atoms with Crippen LogP contribution in [-0.2, 0) is 0 Å². The lowest BCUT2D eigenvalue weighted by atomic mass is 9.48. The summed E-state index contributed by atoms with van der Waals surface area (Å²) in [5.74, 6) is 0.547. The third kappa shape index (κ3) is 2.57. The van der Waals surface area contributed by atoms with Gasteiger partial charge in [-0.3, -0.25) is 4.79 Å². The predicted molar refractivity (Wildman–Crippen MR) is 87.5 cm³/mol. The van der Waals surface area contributed by atoms with Gasteiger partial charge in [0.2, 0.25) is 0 Å². The smallest absolute Gasteiger partial charge is 0.252 e. The first-order valence-corrected chi connectivity index (χ1v) is 7.81. The maximum absolute atomic E-state index is 12.6. The largest absolute Gasteiger partial charge is 0.497 e. The monoisotopic (exact) mass is 354 g/mol. The Balaban J connectivity index is 2.23. The van der Waals surface area contributed by atoms with Crippen LogP contribution < -0.4 is 15.8 Å². The lowest BCUT2D eigenvalue weighted by Gasteiger charge is -2.62. The van der Waals surface area contributed by atoms with Gasteiger partial charge in [0.1, 0.15) is 5.75 Å². The zero-order valence-electron chi connectivity index (χ0n) is 13.2. The number of halogens is 1. The van der Waals surface area contributed by atoms with Crippen LogP contribution in [0.5, 0.6) is 5.75 Å². The summed E-state index contributed by atoms with van der Waals surface area (Å²) in [5, 5.41) is 3.13. The van der Waals surface area contributed by atoms with Gasteiger partial charge < -0.3 is 15.8 Å². The lowest BCUT2D eigenvalue weighted by Crippen LogP contribution is -2.76. The minimum Gasteiger partial charge on any atom is -0.497 e. The number of hydrogen-bond donors (Lipinski definition) is 2. The van der Waals surface area contributed by atoms with E-state index in [0.717, 1.165) is 4.47 Å². The first kappa shape index (κ1) is 16.3. The molecule has 21 heavy (non-hydrogen) atoms. The highest BCUT2D eigenvalue weighted by molar-refractivity contribution is 9.10. The van der Waals surface area contributed by atoms with Gasteiger partial charge in [0.15, 0.2) is 0 Å². The van der Waals surface area contributed by atoms with Crippen LogP contribution in [0.25, 0.3) is 0 Å². The number of carbonyl (C=O) groups is 1. The van der Waals surface area contributed by atoms with Gasteiger partial charge in [-0.15, -0.1) is 0 Å². The normalized spacial score (nSPS) is 25.9. The maximum Gasteiger partial charge on any atom is 0.252 e. The van der Waals surface area contributed by atoms with Crippen LogP contribution in [0.3, 0.4) is 0 Å². The number of ether oxygens (including phenoxy) is 1. The summed E-state index contributed by atoms with van der Waals surface area (Å²) < 4.78 is 5.93. The number of benzene rings is 1. The molecule has 1 aliphatic carbocycles. The van der Waals surface area contributed by atoms with Crippen LogP contribution in [0, 0.1) is 10.8 Å². The van der Waals surface area contributed by atoms with E-state index in [-0.39, 0.29) is 28.8 Å². The minimum absolute atomic E-state index is 0.0330. The molecule has 1 aliphatic rings. The Morgan fingerprint density at radius 2 is 1.86 bits per heavy atom. The molecule has 0 atom stereocenters. The van der Waals surface area contributed by atoms with Crippen LogP contribution in [0.15, 0.2) is 22.7 Å². The number of nitrogens with two attached hydrogens (primary N) is 1. The number of methoxy groups -OCH3 is 1. The minimum atomic E-state index is -0.121. The fourth-order valence-electron chi connectivity index (χ4n) is 3.57. The summed E-state index contributed by atoms with van der Waals surface area (Å²) in [6, 6.07) is 5.46. The van der Waals surface area contributed by atoms with Gasteiger partial charge in [-0.25, -0.2) is 0 Å². The van der Waals surface area contributed by atoms with Gasteiger partial charge in [0.05, 0.1) is 12.7 Å². The molecule has 5 heteroatoms. The fraction of sp³-hybridized carbons (Fsp3) is 0.562. The van der Waals surface area contributed by atoms with Crippen molar-refractivity contribution in [1.82, 2.24) is 5.32 Å². The predicted octanol–water partition coefficient (Wildman–Crippen LogP) is 2.95. The average Bonchev–Trinajstić information content (AvgIpc) is 2.43. The quantitative estimate of drug-likeness (QED) is 0.876. The van der Waals surface area contributed by atoms with E-state index in [1.807, 2.05) is 12.1 Å². The van der Waals surface area contributed by atoms with E-state index < -0.39 is 0 Å². The fourth-order valence-corrected chi connectivity index (χ4v) is 3.99. The van der Waals surface area contributed by atoms with E-state index in [2.05, 4.69) is 48.9 Å². The third-order valence-electron chi connectivity index (χ3n) is 4.78. The number of rotatable bonds is 3. The molecule has 0 unspecified atom stereocenters. The third-order valence-corrected chi connectivity index (χ3v) is 5.48. The molecule has 4 nitrogen and oxygen atoms in total. The summed E-state index contributed by atoms with van der Waals surface area (Å²) in [4.78, 5) is 12.6. The van der Waals surface area contributed by atoms with E-state index in [4.69, 9.17) is 10.5 Å². The van der Waals surface area contributed by atoms with Crippen molar-refractivity contribution < 1.29 is 9.53 Å². The molecule has 1 amide bonds. The van der Waals surface area contributed by atoms with Crippen molar-refractivity contribution in [3.05, 3.63) is 28.2 Å². The molecule has 1 saturated carbocycles. The molecule has 2 rings (SSSR count). The van der Waals surface area contributed by atoms with Crippen LogP contribution in [0.1, 0.15) is 38.1 Å². The van der Waals surface area contributed by atoms with Crippen molar-refractivity contribution in [2.24, 2.45) is 16.6 Å². The Morgan fingerprint density at radius 3 is 2.38 bits per heavy atom. The molecule has 0 spiro atoms. The van der Waals surface area contributed by atoms with Gasteiger partial charge >= 0.3 is 0 Å². The van der Waals surface area contributed by atoms with E-state index >= 15 is 0 Å². The molecule has 1 fully saturated rings. The van der Waals surface area contributed by atoms with Crippen LogP contribution in [0.2, 0.25) is 0 Å². The summed E-state index contributed by atoms with van der Waals surface area (Å²) in [6.07, 6.45) is 0. The van der Waals surface area contributed by atoms with Gasteiger partial charge in [0.25, 0.3) is 5.91 Å². The molecule has 0 heterocycles. The Bertz CT molecular complexity index is 553. The van der Waals surface area contributed by atoms with Gasteiger partial charge in [-0.1, -0.05) is 27.7 Å². The van der Waals surface area contributed by atoms with Crippen molar-refractivity contribution in [3.63, 3.8) is 0 Å². The van der Waals surface area contributed by atoms with Crippen LogP contribution in [-0.4, -0.2) is 25.1 Å². The Hall–Kier alpha value is -1.07. The second-order valence-corrected chi connectivity index (χ2v) is 7.73. The van der Waals surface area contributed by atoms with E-state index in [1.54, 1.807) is 13.2 Å². The molecule has 0 bridgehead atoms. The molecule has 0 radical (unpaired) electrons. The van der Waals surface area contributed by atoms with Crippen LogP contribution in [0.4, 0.5) is 0 Å². The summed E-state index contributed by atoms with van der Waals surface area (Å²) in [5.41, 5.74) is 6.56. The summed E-state index contributed by atoms with van der Waals surface area (Å²) >= 11 is 3.42. The number of amides is 1. The second kappa shape index (κ2) is 5.29. The molecular weight excluding hydrogens is 332 g/mol. The molecule has 1 aromatic rings. The van der Waals surface area contributed by atoms with E-state index in [9.17, 15) is 4.79 Å². The molecule has 0 aromatic heterocycles. The zero-order valence-corrected chi connectivity index (χ0v) is 14.7. The highest BCUT2D eigenvalue weighted by Gasteiger charge is 2.60. The van der Waals surface area contributed by atoms with Crippen LogP contribution >= 0.6 is 15.9 Å². The number of carbonyl (C=O) groups excluding carboxylic acids is 1. The SMILES string of the molecule is COc1ccc(Br)c(C(=O)NC2C(C)(C)C(N)C2(C)C)c1. The van der Waals surface area contributed by atoms with Gasteiger partial charge in [0, 0.05) is 27.4 Å². The molecule has 0 saturated heterocycles. The summed E-state index contributed by atoms with van der Waals surface area (Å²) in [7, 11) is 1.59. The zero-order chi connectivity index (χ0) is 16.0. The topological polar surface area (TPSA) is 64.3 Å². The standard InChI is InChI=1S/C16H23BrN2O2/c1-15(2)13(18)16(3,4)14(15)19-12(20)10-8-9(21-5)6-7-11(10)17/h6-8,13-14H,18H2,1-5H3,(H,19,20). The molecule has 1 aromatic carbocycles. The Labute approximate surface area is 134 Å². The van der Waals surface area contributed by atoms with Crippen molar-refractivity contribution in [2.45, 2.75) is 39.8 Å². The number of hydrogen-bond acceptors (Lipinski definition) is 3. The van der Waals surface area contributed by atoms with Gasteiger partial charge in [-0.05, 0) is 34.1 Å². The average molecular weight is 355 g/mol. The molecule has 0 aliphatic heterocycles. The van der Waals surface area contributed by atoms with Crippen molar-refractivity contribution in [3.8, 4) is 5.75 Å². The van der Waals surface area contributed by atoms with Gasteiger partial charge in [-0.2, -0.15) is 0 Å². The first-order chi connectivity index (χ1) is 9.62. The Morgan fingerprint density at radius 1 is 1.29 bits per heavy atom. The molecular formula is C16H23BrN2O2. The van der Waals surface area contributed by atoms with Crippen molar-refractivity contribution in [1.29, 1.82) is 0 Å². The Kier molecular flexibility index (Phi) is 4.10. The van der Waals surface area contributed by atoms with E-state index in [0.29, 0.717) is 11.3 Å².